The van der Waals surface area contributed by atoms with Gasteiger partial charge in [-0.3, -0.25) is 0 Å². The fraction of sp³-hybridized carbons (Fsp3) is 0.385. The second-order valence-electron chi connectivity index (χ2n) is 4.03. The zero-order valence-corrected chi connectivity index (χ0v) is 13.9. The molecule has 0 fully saturated rings. The average Bonchev–Trinajstić information content (AvgIpc) is 2.98. The van der Waals surface area contributed by atoms with Crippen molar-refractivity contribution in [3.63, 3.8) is 0 Å². The lowest BCUT2D eigenvalue weighted by Gasteiger charge is -2.20. The van der Waals surface area contributed by atoms with Gasteiger partial charge in [-0.05, 0) is 34.6 Å². The highest BCUT2D eigenvalue weighted by atomic mass is 79.9. The third-order valence-corrected chi connectivity index (χ3v) is 4.15. The molecule has 108 valence electrons. The summed E-state index contributed by atoms with van der Waals surface area (Å²) >= 11 is 4.72. The van der Waals surface area contributed by atoms with Crippen molar-refractivity contribution in [2.24, 2.45) is 0 Å². The minimum absolute atomic E-state index is 0.0593. The molecular formula is C13H16BrN3O2S. The van der Waals surface area contributed by atoms with Crippen LogP contribution in [0.25, 0.3) is 0 Å². The number of halogens is 1. The molecule has 0 bridgehead atoms. The number of nitrogens with zero attached hydrogens (tertiary/aromatic N) is 2. The van der Waals surface area contributed by atoms with Gasteiger partial charge < -0.3 is 14.8 Å². The number of hydrogen-bond donors (Lipinski definition) is 1. The van der Waals surface area contributed by atoms with Crippen LogP contribution in [0.2, 0.25) is 0 Å². The molecule has 1 aromatic carbocycles. The van der Waals surface area contributed by atoms with Gasteiger partial charge in [-0.25, -0.2) is 0 Å². The Kier molecular flexibility index (Phi) is 5.33. The Balaban J connectivity index is 2.51. The third-order valence-electron chi connectivity index (χ3n) is 2.91. The van der Waals surface area contributed by atoms with Gasteiger partial charge in [0, 0.05) is 5.56 Å². The monoisotopic (exact) mass is 357 g/mol. The van der Waals surface area contributed by atoms with Gasteiger partial charge in [-0.15, -0.1) is 0 Å². The molecule has 1 unspecified atom stereocenters. The SMILES string of the molecule is CCNC(c1cnsn1)c1ccc(OC)c(Br)c1OC. The van der Waals surface area contributed by atoms with Crippen LogP contribution >= 0.6 is 27.7 Å². The topological polar surface area (TPSA) is 56.3 Å². The molecule has 0 radical (unpaired) electrons. The Bertz CT molecular complexity index is 563. The number of rotatable bonds is 6. The maximum Gasteiger partial charge on any atom is 0.141 e. The molecule has 1 N–H and O–H groups in total. The minimum atomic E-state index is -0.0593. The van der Waals surface area contributed by atoms with Gasteiger partial charge in [-0.1, -0.05) is 6.92 Å². The molecular weight excluding hydrogens is 342 g/mol. The van der Waals surface area contributed by atoms with Gasteiger partial charge in [-0.2, -0.15) is 8.75 Å². The molecule has 0 aliphatic rings. The lowest BCUT2D eigenvalue weighted by atomic mass is 10.0. The summed E-state index contributed by atoms with van der Waals surface area (Å²) in [5.41, 5.74) is 1.88. The first-order valence-corrected chi connectivity index (χ1v) is 7.66. The molecule has 0 aliphatic heterocycles. The molecule has 0 saturated heterocycles. The lowest BCUT2D eigenvalue weighted by Crippen LogP contribution is -2.23. The first kappa shape index (κ1) is 15.2. The Morgan fingerprint density at radius 3 is 2.70 bits per heavy atom. The van der Waals surface area contributed by atoms with E-state index in [1.54, 1.807) is 20.4 Å². The lowest BCUT2D eigenvalue weighted by molar-refractivity contribution is 0.382. The summed E-state index contributed by atoms with van der Waals surface area (Å²) in [7, 11) is 3.27. The largest absolute Gasteiger partial charge is 0.495 e. The van der Waals surface area contributed by atoms with Crippen molar-refractivity contribution < 1.29 is 9.47 Å². The zero-order valence-electron chi connectivity index (χ0n) is 11.5. The number of hydrogen-bond acceptors (Lipinski definition) is 6. The second kappa shape index (κ2) is 7.01. The Hall–Kier alpha value is -1.18. The molecule has 1 atom stereocenters. The van der Waals surface area contributed by atoms with Crippen LogP contribution in [0.1, 0.15) is 24.2 Å². The van der Waals surface area contributed by atoms with Gasteiger partial charge in [0.15, 0.2) is 0 Å². The highest BCUT2D eigenvalue weighted by Crippen LogP contribution is 2.40. The number of aromatic nitrogens is 2. The first-order chi connectivity index (χ1) is 9.72. The highest BCUT2D eigenvalue weighted by Gasteiger charge is 2.23. The number of benzene rings is 1. The average molecular weight is 358 g/mol. The minimum Gasteiger partial charge on any atom is -0.495 e. The summed E-state index contributed by atoms with van der Waals surface area (Å²) in [6.45, 7) is 2.87. The van der Waals surface area contributed by atoms with Crippen LogP contribution in [0.5, 0.6) is 11.5 Å². The predicted molar refractivity (Wildman–Crippen MR) is 82.7 cm³/mol. The van der Waals surface area contributed by atoms with E-state index in [1.165, 1.54) is 11.7 Å². The Morgan fingerprint density at radius 1 is 1.35 bits per heavy atom. The number of nitrogens with one attached hydrogen (secondary N) is 1. The van der Waals surface area contributed by atoms with Crippen molar-refractivity contribution in [1.82, 2.24) is 14.1 Å². The highest BCUT2D eigenvalue weighted by molar-refractivity contribution is 9.10. The summed E-state index contributed by atoms with van der Waals surface area (Å²) in [6.07, 6.45) is 1.77. The Morgan fingerprint density at radius 2 is 2.15 bits per heavy atom. The molecule has 0 spiro atoms. The van der Waals surface area contributed by atoms with Crippen molar-refractivity contribution in [2.75, 3.05) is 20.8 Å². The van der Waals surface area contributed by atoms with Crippen LogP contribution in [0.3, 0.4) is 0 Å². The van der Waals surface area contributed by atoms with E-state index in [-0.39, 0.29) is 6.04 Å². The Labute approximate surface area is 130 Å². The summed E-state index contributed by atoms with van der Waals surface area (Å²) < 4.78 is 20.0. The molecule has 1 aromatic heterocycles. The number of methoxy groups -OCH3 is 2. The van der Waals surface area contributed by atoms with Crippen LogP contribution in [0.4, 0.5) is 0 Å². The van der Waals surface area contributed by atoms with Crippen molar-refractivity contribution in [1.29, 1.82) is 0 Å². The zero-order chi connectivity index (χ0) is 14.5. The molecule has 2 rings (SSSR count). The van der Waals surface area contributed by atoms with Crippen molar-refractivity contribution in [2.45, 2.75) is 13.0 Å². The fourth-order valence-corrected chi connectivity index (χ4v) is 3.16. The van der Waals surface area contributed by atoms with Crippen molar-refractivity contribution in [3.8, 4) is 11.5 Å². The fourth-order valence-electron chi connectivity index (χ4n) is 2.02. The maximum atomic E-state index is 5.53. The van der Waals surface area contributed by atoms with Gasteiger partial charge in [0.25, 0.3) is 0 Å². The molecule has 0 saturated carbocycles. The van der Waals surface area contributed by atoms with Crippen LogP contribution in [-0.4, -0.2) is 29.5 Å². The van der Waals surface area contributed by atoms with Crippen molar-refractivity contribution in [3.05, 3.63) is 34.1 Å². The molecule has 0 aliphatic carbocycles. The quantitative estimate of drug-likeness (QED) is 0.860. The van der Waals surface area contributed by atoms with Crippen LogP contribution in [0, 0.1) is 0 Å². The van der Waals surface area contributed by atoms with E-state index in [1.807, 2.05) is 12.1 Å². The van der Waals surface area contributed by atoms with Crippen molar-refractivity contribution >= 4 is 27.7 Å². The third kappa shape index (κ3) is 2.94. The van der Waals surface area contributed by atoms with Crippen LogP contribution < -0.4 is 14.8 Å². The summed E-state index contributed by atoms with van der Waals surface area (Å²) in [6, 6.07) is 3.83. The maximum absolute atomic E-state index is 5.53. The molecule has 5 nitrogen and oxygen atoms in total. The van der Waals surface area contributed by atoms with E-state index in [0.717, 1.165) is 33.8 Å². The normalized spacial score (nSPS) is 12.2. The summed E-state index contributed by atoms with van der Waals surface area (Å²) in [5, 5.41) is 3.40. The van der Waals surface area contributed by atoms with Crippen LogP contribution in [-0.2, 0) is 0 Å². The van der Waals surface area contributed by atoms with E-state index >= 15 is 0 Å². The van der Waals surface area contributed by atoms with Gasteiger partial charge in [0.05, 0.1) is 43.9 Å². The van der Waals surface area contributed by atoms with Gasteiger partial charge in [0.1, 0.15) is 16.0 Å². The smallest absolute Gasteiger partial charge is 0.141 e. The van der Waals surface area contributed by atoms with Gasteiger partial charge >= 0.3 is 0 Å². The number of ether oxygens (including phenoxy) is 2. The predicted octanol–water partition coefficient (Wildman–Crippen LogP) is 3.02. The summed E-state index contributed by atoms with van der Waals surface area (Å²) in [4.78, 5) is 0. The molecule has 20 heavy (non-hydrogen) atoms. The van der Waals surface area contributed by atoms with E-state index in [0.29, 0.717) is 0 Å². The van der Waals surface area contributed by atoms with E-state index in [4.69, 9.17) is 9.47 Å². The second-order valence-corrected chi connectivity index (χ2v) is 5.38. The van der Waals surface area contributed by atoms with Crippen LogP contribution in [0.15, 0.2) is 22.8 Å². The van der Waals surface area contributed by atoms with Gasteiger partial charge in [0.2, 0.25) is 0 Å². The summed E-state index contributed by atoms with van der Waals surface area (Å²) in [5.74, 6) is 1.47. The first-order valence-electron chi connectivity index (χ1n) is 6.14. The molecule has 1 heterocycles. The van der Waals surface area contributed by atoms with E-state index in [9.17, 15) is 0 Å². The van der Waals surface area contributed by atoms with E-state index < -0.39 is 0 Å². The molecule has 2 aromatic rings. The standard InChI is InChI=1S/C13H16BrN3O2S/c1-4-15-12(9-7-16-20-17-9)8-5-6-10(18-2)11(14)13(8)19-3/h5-7,12,15H,4H2,1-3H3. The van der Waals surface area contributed by atoms with E-state index in [2.05, 4.69) is 36.9 Å². The molecule has 0 amide bonds. The molecule has 7 heteroatoms.